The van der Waals surface area contributed by atoms with Crippen molar-refractivity contribution in [3.05, 3.63) is 48.2 Å². The SMILES string of the molecule is OC1CC(c2cc(N3CCCN(Cc4ccncc4)CC3)ncn2)C1. The Morgan fingerprint density at radius 1 is 1.04 bits per heavy atom. The van der Waals surface area contributed by atoms with Crippen molar-refractivity contribution >= 4 is 5.82 Å². The molecule has 6 heteroatoms. The van der Waals surface area contributed by atoms with Gasteiger partial charge in [0.2, 0.25) is 0 Å². The van der Waals surface area contributed by atoms with Crippen LogP contribution in [0.2, 0.25) is 0 Å². The molecule has 132 valence electrons. The summed E-state index contributed by atoms with van der Waals surface area (Å²) in [5.74, 6) is 1.42. The van der Waals surface area contributed by atoms with Crippen molar-refractivity contribution in [2.24, 2.45) is 0 Å². The number of hydrogen-bond acceptors (Lipinski definition) is 6. The highest BCUT2D eigenvalue weighted by Gasteiger charge is 2.30. The molecule has 1 saturated carbocycles. The Kier molecular flexibility index (Phi) is 4.90. The molecule has 1 aliphatic carbocycles. The molecule has 0 bridgehead atoms. The lowest BCUT2D eigenvalue weighted by Gasteiger charge is -2.31. The molecule has 1 aliphatic heterocycles. The Labute approximate surface area is 148 Å². The zero-order valence-corrected chi connectivity index (χ0v) is 14.5. The van der Waals surface area contributed by atoms with E-state index in [1.54, 1.807) is 6.33 Å². The zero-order chi connectivity index (χ0) is 17.1. The summed E-state index contributed by atoms with van der Waals surface area (Å²) >= 11 is 0. The van der Waals surface area contributed by atoms with E-state index < -0.39 is 0 Å². The van der Waals surface area contributed by atoms with Gasteiger partial charge >= 0.3 is 0 Å². The van der Waals surface area contributed by atoms with Crippen LogP contribution in [0.4, 0.5) is 5.82 Å². The molecule has 4 rings (SSSR count). The molecule has 0 atom stereocenters. The first-order valence-corrected chi connectivity index (χ1v) is 9.14. The number of pyridine rings is 1. The van der Waals surface area contributed by atoms with Gasteiger partial charge in [-0.15, -0.1) is 0 Å². The van der Waals surface area contributed by atoms with Crippen LogP contribution in [-0.2, 0) is 6.54 Å². The number of aliphatic hydroxyl groups is 1. The summed E-state index contributed by atoms with van der Waals surface area (Å²) in [6, 6.07) is 6.30. The number of aromatic nitrogens is 3. The number of anilines is 1. The van der Waals surface area contributed by atoms with Crippen molar-refractivity contribution in [2.75, 3.05) is 31.1 Å². The van der Waals surface area contributed by atoms with Gasteiger partial charge in [-0.25, -0.2) is 9.97 Å². The van der Waals surface area contributed by atoms with Gasteiger partial charge in [-0.3, -0.25) is 9.88 Å². The molecule has 25 heavy (non-hydrogen) atoms. The minimum absolute atomic E-state index is 0.150. The predicted molar refractivity (Wildman–Crippen MR) is 96.4 cm³/mol. The van der Waals surface area contributed by atoms with Gasteiger partial charge in [0.1, 0.15) is 12.1 Å². The number of rotatable bonds is 4. The largest absolute Gasteiger partial charge is 0.393 e. The lowest BCUT2D eigenvalue weighted by atomic mass is 9.80. The topological polar surface area (TPSA) is 65.4 Å². The molecule has 0 unspecified atom stereocenters. The van der Waals surface area contributed by atoms with Crippen molar-refractivity contribution in [1.29, 1.82) is 0 Å². The van der Waals surface area contributed by atoms with Crippen LogP contribution in [0.25, 0.3) is 0 Å². The molecule has 2 aromatic heterocycles. The van der Waals surface area contributed by atoms with Crippen LogP contribution >= 0.6 is 0 Å². The van der Waals surface area contributed by atoms with E-state index in [4.69, 9.17) is 0 Å². The Morgan fingerprint density at radius 2 is 1.88 bits per heavy atom. The molecule has 0 amide bonds. The first-order chi connectivity index (χ1) is 12.3. The molecule has 1 saturated heterocycles. The van der Waals surface area contributed by atoms with Crippen LogP contribution in [0, 0.1) is 0 Å². The number of aliphatic hydroxyl groups excluding tert-OH is 1. The summed E-state index contributed by atoms with van der Waals surface area (Å²) < 4.78 is 0. The first-order valence-electron chi connectivity index (χ1n) is 9.14. The van der Waals surface area contributed by atoms with E-state index in [1.807, 2.05) is 12.4 Å². The standard InChI is InChI=1S/C19H25N5O/c25-17-10-16(11-17)18-12-19(22-14-21-18)24-7-1-6-23(8-9-24)13-15-2-4-20-5-3-15/h2-5,12,14,16-17,25H,1,6-11,13H2. The van der Waals surface area contributed by atoms with Crippen LogP contribution < -0.4 is 4.90 Å². The molecular weight excluding hydrogens is 314 g/mol. The van der Waals surface area contributed by atoms with E-state index in [0.29, 0.717) is 5.92 Å². The predicted octanol–water partition coefficient (Wildman–Crippen LogP) is 1.82. The van der Waals surface area contributed by atoms with Crippen LogP contribution in [0.5, 0.6) is 0 Å². The quantitative estimate of drug-likeness (QED) is 0.917. The van der Waals surface area contributed by atoms with Crippen molar-refractivity contribution in [3.63, 3.8) is 0 Å². The third-order valence-electron chi connectivity index (χ3n) is 5.27. The monoisotopic (exact) mass is 339 g/mol. The Bertz CT molecular complexity index is 689. The second-order valence-electron chi connectivity index (χ2n) is 7.10. The van der Waals surface area contributed by atoms with E-state index in [0.717, 1.165) is 63.5 Å². The van der Waals surface area contributed by atoms with Crippen LogP contribution in [-0.4, -0.2) is 57.2 Å². The molecule has 2 aliphatic rings. The fourth-order valence-corrected chi connectivity index (χ4v) is 3.69. The summed E-state index contributed by atoms with van der Waals surface area (Å²) in [5.41, 5.74) is 2.39. The van der Waals surface area contributed by atoms with E-state index in [9.17, 15) is 5.11 Å². The highest BCUT2D eigenvalue weighted by Crippen LogP contribution is 2.36. The average molecular weight is 339 g/mol. The molecule has 1 N–H and O–H groups in total. The maximum Gasteiger partial charge on any atom is 0.132 e. The minimum atomic E-state index is -0.150. The van der Waals surface area contributed by atoms with Gasteiger partial charge in [-0.1, -0.05) is 0 Å². The average Bonchev–Trinajstić information content (AvgIpc) is 2.86. The van der Waals surface area contributed by atoms with Gasteiger partial charge in [-0.2, -0.15) is 0 Å². The molecule has 6 nitrogen and oxygen atoms in total. The molecule has 0 spiro atoms. The lowest BCUT2D eigenvalue weighted by molar-refractivity contribution is 0.0732. The number of nitrogens with zero attached hydrogens (tertiary/aromatic N) is 5. The smallest absolute Gasteiger partial charge is 0.132 e. The maximum atomic E-state index is 9.52. The Morgan fingerprint density at radius 3 is 2.68 bits per heavy atom. The Hall–Kier alpha value is -2.05. The van der Waals surface area contributed by atoms with E-state index >= 15 is 0 Å². The zero-order valence-electron chi connectivity index (χ0n) is 14.5. The minimum Gasteiger partial charge on any atom is -0.393 e. The lowest BCUT2D eigenvalue weighted by Crippen LogP contribution is -2.31. The molecule has 3 heterocycles. The fraction of sp³-hybridized carbons (Fsp3) is 0.526. The highest BCUT2D eigenvalue weighted by molar-refractivity contribution is 5.40. The van der Waals surface area contributed by atoms with Gasteiger partial charge in [0.25, 0.3) is 0 Å². The van der Waals surface area contributed by atoms with Gasteiger partial charge in [0, 0.05) is 62.8 Å². The van der Waals surface area contributed by atoms with Gasteiger partial charge in [0.15, 0.2) is 0 Å². The molecule has 2 fully saturated rings. The molecule has 0 radical (unpaired) electrons. The van der Waals surface area contributed by atoms with Gasteiger partial charge in [0.05, 0.1) is 6.10 Å². The van der Waals surface area contributed by atoms with Crippen molar-refractivity contribution in [3.8, 4) is 0 Å². The molecule has 2 aromatic rings. The van der Waals surface area contributed by atoms with Crippen LogP contribution in [0.3, 0.4) is 0 Å². The third kappa shape index (κ3) is 3.96. The van der Waals surface area contributed by atoms with Crippen molar-refractivity contribution in [1.82, 2.24) is 19.9 Å². The second-order valence-corrected chi connectivity index (χ2v) is 7.10. The van der Waals surface area contributed by atoms with E-state index in [1.165, 1.54) is 5.56 Å². The van der Waals surface area contributed by atoms with Crippen molar-refractivity contribution < 1.29 is 5.11 Å². The number of hydrogen-bond donors (Lipinski definition) is 1. The fourth-order valence-electron chi connectivity index (χ4n) is 3.69. The summed E-state index contributed by atoms with van der Waals surface area (Å²) in [6.07, 6.45) is 8.04. The normalized spacial score (nSPS) is 24.6. The first kappa shape index (κ1) is 16.4. The van der Waals surface area contributed by atoms with Gasteiger partial charge < -0.3 is 10.0 Å². The Balaban J connectivity index is 1.38. The van der Waals surface area contributed by atoms with Gasteiger partial charge in [-0.05, 0) is 37.0 Å². The second kappa shape index (κ2) is 7.45. The van der Waals surface area contributed by atoms with E-state index in [-0.39, 0.29) is 6.10 Å². The van der Waals surface area contributed by atoms with Crippen LogP contribution in [0.15, 0.2) is 36.9 Å². The third-order valence-corrected chi connectivity index (χ3v) is 5.27. The summed E-state index contributed by atoms with van der Waals surface area (Å²) in [7, 11) is 0. The van der Waals surface area contributed by atoms with Crippen molar-refractivity contribution in [2.45, 2.75) is 37.8 Å². The molecule has 0 aromatic carbocycles. The van der Waals surface area contributed by atoms with Crippen LogP contribution in [0.1, 0.15) is 36.4 Å². The van der Waals surface area contributed by atoms with E-state index in [2.05, 4.69) is 43.0 Å². The molecular formula is C19H25N5O. The maximum absolute atomic E-state index is 9.52. The highest BCUT2D eigenvalue weighted by atomic mass is 16.3. The summed E-state index contributed by atoms with van der Waals surface area (Å²) in [6.45, 7) is 5.12. The summed E-state index contributed by atoms with van der Waals surface area (Å²) in [4.78, 5) is 17.9. The summed E-state index contributed by atoms with van der Waals surface area (Å²) in [5, 5.41) is 9.52.